The second-order valence-corrected chi connectivity index (χ2v) is 11.2. The number of allylic oxidation sites excluding steroid dienone is 1. The molecule has 1 unspecified atom stereocenters. The lowest BCUT2D eigenvalue weighted by Crippen LogP contribution is -2.55. The molecule has 0 radical (unpaired) electrons. The fourth-order valence-corrected chi connectivity index (χ4v) is 6.20. The van der Waals surface area contributed by atoms with Gasteiger partial charge in [-0.1, -0.05) is 30.3 Å². The zero-order valence-electron chi connectivity index (χ0n) is 25.4. The topological polar surface area (TPSA) is 155 Å². The first-order chi connectivity index (χ1) is 21.5. The second-order valence-electron chi connectivity index (χ2n) is 10.9. The van der Waals surface area contributed by atoms with Gasteiger partial charge in [-0.2, -0.15) is 0 Å². The Kier molecular flexibility index (Phi) is 10.9. The van der Waals surface area contributed by atoms with Crippen LogP contribution < -0.4 is 5.32 Å². The van der Waals surface area contributed by atoms with Crippen LogP contribution in [0.15, 0.2) is 65.9 Å². The lowest BCUT2D eigenvalue weighted by molar-refractivity contribution is -0.384. The average molecular weight is 640 g/mol. The lowest BCUT2D eigenvalue weighted by Gasteiger charge is -2.40. The number of ether oxygens (including phenoxy) is 2. The van der Waals surface area contributed by atoms with E-state index in [1.165, 1.54) is 31.4 Å². The first kappa shape index (κ1) is 33.5. The van der Waals surface area contributed by atoms with E-state index in [1.807, 2.05) is 30.3 Å². The van der Waals surface area contributed by atoms with Gasteiger partial charge in [0.1, 0.15) is 6.04 Å². The molecule has 2 heterocycles. The summed E-state index contributed by atoms with van der Waals surface area (Å²) < 4.78 is 10.4. The minimum absolute atomic E-state index is 0.0423. The van der Waals surface area contributed by atoms with E-state index in [9.17, 15) is 29.7 Å². The van der Waals surface area contributed by atoms with E-state index in [1.54, 1.807) is 13.8 Å². The van der Waals surface area contributed by atoms with Crippen molar-refractivity contribution < 1.29 is 34.0 Å². The van der Waals surface area contributed by atoms with Crippen LogP contribution in [-0.2, 0) is 24.5 Å². The van der Waals surface area contributed by atoms with E-state index in [0.29, 0.717) is 61.8 Å². The van der Waals surface area contributed by atoms with E-state index in [-0.39, 0.29) is 28.9 Å². The molecule has 45 heavy (non-hydrogen) atoms. The Morgan fingerprint density at radius 3 is 2.36 bits per heavy atom. The number of carbonyl (C=O) groups is 3. The number of nitro benzene ring substituents is 1. The maximum absolute atomic E-state index is 13.6. The number of nitrogens with one attached hydrogen (secondary N) is 1. The molecule has 2 N–H and O–H groups in total. The highest BCUT2D eigenvalue weighted by Crippen LogP contribution is 2.38. The zero-order chi connectivity index (χ0) is 32.7. The Balaban J connectivity index is 1.44. The van der Waals surface area contributed by atoms with Crippen molar-refractivity contribution in [2.75, 3.05) is 39.9 Å². The van der Waals surface area contributed by atoms with Crippen molar-refractivity contribution in [2.24, 2.45) is 0 Å². The predicted molar refractivity (Wildman–Crippen MR) is 167 cm³/mol. The van der Waals surface area contributed by atoms with Crippen LogP contribution in [-0.4, -0.2) is 88.0 Å². The molecule has 0 bridgehead atoms. The first-order valence-electron chi connectivity index (χ1n) is 14.6. The summed E-state index contributed by atoms with van der Waals surface area (Å²) in [6.45, 7) is 5.46. The fourth-order valence-electron chi connectivity index (χ4n) is 5.86. The summed E-state index contributed by atoms with van der Waals surface area (Å²) in [6.07, 6.45) is 1.56. The van der Waals surface area contributed by atoms with Crippen LogP contribution in [0.5, 0.6) is 0 Å². The predicted octanol–water partition coefficient (Wildman–Crippen LogP) is 4.07. The van der Waals surface area contributed by atoms with Crippen molar-refractivity contribution in [3.05, 3.63) is 87.1 Å². The third-order valence-electron chi connectivity index (χ3n) is 8.25. The van der Waals surface area contributed by atoms with Crippen LogP contribution in [0.3, 0.4) is 0 Å². The maximum atomic E-state index is 13.6. The van der Waals surface area contributed by atoms with Crippen LogP contribution in [0.4, 0.5) is 10.5 Å². The number of methoxy groups -OCH3 is 1. The molecular formula is C31H37N5O8S. The quantitative estimate of drug-likeness (QED) is 0.127. The Bertz CT molecular complexity index is 1460. The van der Waals surface area contributed by atoms with E-state index >= 15 is 0 Å². The van der Waals surface area contributed by atoms with Crippen molar-refractivity contribution in [2.45, 2.75) is 44.6 Å². The highest BCUT2D eigenvalue weighted by Gasteiger charge is 2.44. The molecule has 2 amide bonds. The third-order valence-corrected chi connectivity index (χ3v) is 8.55. The Morgan fingerprint density at radius 2 is 1.78 bits per heavy atom. The monoisotopic (exact) mass is 639 g/mol. The molecule has 1 atom stereocenters. The van der Waals surface area contributed by atoms with Gasteiger partial charge in [0.25, 0.3) is 5.69 Å². The summed E-state index contributed by atoms with van der Waals surface area (Å²) in [6, 6.07) is 13.0. The molecule has 14 heteroatoms. The number of non-ortho nitro benzene ring substituents is 1. The molecule has 4 rings (SSSR count). The van der Waals surface area contributed by atoms with Gasteiger partial charge in [0.2, 0.25) is 0 Å². The van der Waals surface area contributed by atoms with Gasteiger partial charge in [0.05, 0.1) is 36.2 Å². The number of piperidine rings is 1. The Morgan fingerprint density at radius 1 is 1.13 bits per heavy atom. The smallest absolute Gasteiger partial charge is 0.350 e. The molecule has 1 saturated heterocycles. The molecule has 2 aromatic carbocycles. The number of hydroxylamine groups is 2. The number of esters is 2. The third kappa shape index (κ3) is 7.13. The number of nitro groups is 1. The van der Waals surface area contributed by atoms with Crippen molar-refractivity contribution in [3.8, 4) is 0 Å². The number of carbonyl (C=O) groups excluding carboxylic acids is 3. The van der Waals surface area contributed by atoms with Gasteiger partial charge in [-0.05, 0) is 88.2 Å². The minimum Gasteiger partial charge on any atom is -0.466 e. The molecule has 0 saturated carbocycles. The van der Waals surface area contributed by atoms with Gasteiger partial charge < -0.3 is 19.7 Å². The summed E-state index contributed by atoms with van der Waals surface area (Å²) in [5.41, 5.74) is 0.821. The number of rotatable bonds is 10. The van der Waals surface area contributed by atoms with E-state index in [2.05, 4.69) is 10.2 Å². The standard InChI is InChI=1S/C31H37N5O8S/c1-4-44-28(38)31(23-9-6-5-7-10-23)15-19-33(20-16-31)17-8-18-34(40)30(39)35-26(22-11-13-24(14-12-22)36(41)42)25(27(37)43-3)21(2)32-29(35)45/h5-7,9-14,26,40H,4,8,15-20H2,1-3H3,(H,32,45). The summed E-state index contributed by atoms with van der Waals surface area (Å²) in [5, 5.41) is 25.4. The minimum atomic E-state index is -1.11. The SMILES string of the molecule is CCOC(=O)C1(c2ccccc2)CCN(CCCN(O)C(=O)N2C(=S)NC(C)=C(C(=O)OC)C2c2ccc([N+](=O)[O-])cc2)CC1. The number of hydrogen-bond donors (Lipinski definition) is 2. The van der Waals surface area contributed by atoms with Gasteiger partial charge in [0, 0.05) is 17.8 Å². The number of amides is 2. The van der Waals surface area contributed by atoms with Crippen LogP contribution in [0, 0.1) is 10.1 Å². The molecule has 13 nitrogen and oxygen atoms in total. The largest absolute Gasteiger partial charge is 0.466 e. The number of urea groups is 1. The number of nitrogens with zero attached hydrogens (tertiary/aromatic N) is 4. The molecule has 0 aliphatic carbocycles. The summed E-state index contributed by atoms with van der Waals surface area (Å²) in [4.78, 5) is 53.4. The molecule has 1 fully saturated rings. The van der Waals surface area contributed by atoms with Crippen LogP contribution >= 0.6 is 12.2 Å². The lowest BCUT2D eigenvalue weighted by atomic mass is 9.72. The molecule has 2 aliphatic heterocycles. The van der Waals surface area contributed by atoms with Gasteiger partial charge in [0.15, 0.2) is 5.11 Å². The van der Waals surface area contributed by atoms with Crippen LogP contribution in [0.25, 0.3) is 0 Å². The second kappa shape index (κ2) is 14.6. The zero-order valence-corrected chi connectivity index (χ0v) is 26.2. The van der Waals surface area contributed by atoms with Crippen molar-refractivity contribution in [1.29, 1.82) is 0 Å². The summed E-state index contributed by atoms with van der Waals surface area (Å²) in [7, 11) is 1.20. The molecule has 2 aromatic rings. The maximum Gasteiger partial charge on any atom is 0.350 e. The van der Waals surface area contributed by atoms with Crippen LogP contribution in [0.2, 0.25) is 0 Å². The summed E-state index contributed by atoms with van der Waals surface area (Å²) in [5.74, 6) is -0.958. The number of hydrogen-bond acceptors (Lipinski definition) is 10. The molecule has 0 aromatic heterocycles. The molecular weight excluding hydrogens is 602 g/mol. The van der Waals surface area contributed by atoms with Gasteiger partial charge >= 0.3 is 18.0 Å². The Hall–Kier alpha value is -4.40. The Labute approximate surface area is 266 Å². The van der Waals surface area contributed by atoms with Crippen molar-refractivity contribution in [3.63, 3.8) is 0 Å². The van der Waals surface area contributed by atoms with E-state index in [0.717, 1.165) is 10.5 Å². The normalized spacial score (nSPS) is 18.2. The fraction of sp³-hybridized carbons (Fsp3) is 0.419. The van der Waals surface area contributed by atoms with Crippen molar-refractivity contribution in [1.82, 2.24) is 20.2 Å². The molecule has 2 aliphatic rings. The molecule has 0 spiro atoms. The number of likely N-dealkylation sites (tertiary alicyclic amines) is 1. The van der Waals surface area contributed by atoms with E-state index in [4.69, 9.17) is 21.7 Å². The highest BCUT2D eigenvalue weighted by molar-refractivity contribution is 7.80. The number of benzene rings is 2. The van der Waals surface area contributed by atoms with Gasteiger partial charge in [-0.3, -0.25) is 25.0 Å². The van der Waals surface area contributed by atoms with E-state index < -0.39 is 28.4 Å². The average Bonchev–Trinajstić information content (AvgIpc) is 3.04. The first-order valence-corrected chi connectivity index (χ1v) is 15.0. The van der Waals surface area contributed by atoms with Crippen molar-refractivity contribution >= 4 is 41.0 Å². The summed E-state index contributed by atoms with van der Waals surface area (Å²) >= 11 is 5.45. The number of thiocarbonyl (C=S) groups is 1. The highest BCUT2D eigenvalue weighted by atomic mass is 32.1. The van der Waals surface area contributed by atoms with Gasteiger partial charge in [-0.15, -0.1) is 0 Å². The van der Waals surface area contributed by atoms with Gasteiger partial charge in [-0.25, -0.2) is 14.7 Å². The molecule has 240 valence electrons. The van der Waals surface area contributed by atoms with Crippen LogP contribution in [0.1, 0.15) is 50.3 Å².